The highest BCUT2D eigenvalue weighted by atomic mass is 32.1. The molecule has 0 saturated heterocycles. The Morgan fingerprint density at radius 2 is 2.19 bits per heavy atom. The van der Waals surface area contributed by atoms with Crippen molar-refractivity contribution in [2.75, 3.05) is 17.7 Å². The first-order valence-corrected chi connectivity index (χ1v) is 6.85. The predicted molar refractivity (Wildman–Crippen MR) is 81.1 cm³/mol. The largest absolute Gasteiger partial charge is 0.357 e. The van der Waals surface area contributed by atoms with Gasteiger partial charge in [0.15, 0.2) is 0 Å². The van der Waals surface area contributed by atoms with Crippen LogP contribution in [0.4, 0.5) is 23.1 Å². The number of aromatic nitrogens is 3. The van der Waals surface area contributed by atoms with E-state index in [0.717, 1.165) is 10.2 Å². The summed E-state index contributed by atoms with van der Waals surface area (Å²) in [5.74, 6) is 0.449. The molecular weight excluding hydrogens is 292 g/mol. The Bertz CT molecular complexity index is 818. The van der Waals surface area contributed by atoms with Crippen molar-refractivity contribution < 1.29 is 4.92 Å². The number of rotatable bonds is 4. The van der Waals surface area contributed by atoms with Gasteiger partial charge in [-0.3, -0.25) is 10.1 Å². The van der Waals surface area contributed by atoms with Crippen LogP contribution in [0.2, 0.25) is 0 Å². The fourth-order valence-corrected chi connectivity index (χ4v) is 2.51. The smallest absolute Gasteiger partial charge is 0.329 e. The molecule has 0 saturated carbocycles. The topological polar surface area (TPSA) is 106 Å². The average molecular weight is 302 g/mol. The third kappa shape index (κ3) is 2.58. The Balaban J connectivity index is 2.00. The second kappa shape index (κ2) is 5.29. The Hall–Kier alpha value is -2.81. The van der Waals surface area contributed by atoms with Gasteiger partial charge in [0.25, 0.3) is 0 Å². The van der Waals surface area contributed by atoms with Crippen LogP contribution < -0.4 is 10.6 Å². The molecule has 3 rings (SSSR count). The summed E-state index contributed by atoms with van der Waals surface area (Å²) in [5, 5.41) is 16.7. The van der Waals surface area contributed by atoms with Crippen molar-refractivity contribution in [2.24, 2.45) is 0 Å². The number of nitrogens with zero attached hydrogens (tertiary/aromatic N) is 4. The zero-order chi connectivity index (χ0) is 14.8. The zero-order valence-corrected chi connectivity index (χ0v) is 11.7. The Morgan fingerprint density at radius 3 is 2.95 bits per heavy atom. The van der Waals surface area contributed by atoms with Gasteiger partial charge in [-0.1, -0.05) is 0 Å². The van der Waals surface area contributed by atoms with Gasteiger partial charge in [-0.05, 0) is 18.2 Å². The second-order valence-corrected chi connectivity index (χ2v) is 4.98. The highest BCUT2D eigenvalue weighted by Crippen LogP contribution is 2.28. The molecule has 0 unspecified atom stereocenters. The number of fused-ring (bicyclic) bond motifs is 1. The van der Waals surface area contributed by atoms with Gasteiger partial charge in [-0.2, -0.15) is 4.98 Å². The molecule has 2 N–H and O–H groups in total. The average Bonchev–Trinajstić information content (AvgIpc) is 2.94. The van der Waals surface area contributed by atoms with Crippen LogP contribution in [0.5, 0.6) is 0 Å². The maximum atomic E-state index is 11.0. The molecule has 0 radical (unpaired) electrons. The van der Waals surface area contributed by atoms with Crippen LogP contribution in [0.1, 0.15) is 0 Å². The van der Waals surface area contributed by atoms with Crippen molar-refractivity contribution in [3.8, 4) is 0 Å². The molecule has 1 aromatic carbocycles. The van der Waals surface area contributed by atoms with Crippen LogP contribution >= 0.6 is 11.3 Å². The third-order valence-corrected chi connectivity index (χ3v) is 3.58. The molecule has 0 amide bonds. The molecule has 9 heteroatoms. The molecule has 0 fully saturated rings. The Morgan fingerprint density at radius 1 is 1.33 bits per heavy atom. The van der Waals surface area contributed by atoms with Gasteiger partial charge >= 0.3 is 5.69 Å². The van der Waals surface area contributed by atoms with E-state index in [9.17, 15) is 10.1 Å². The summed E-state index contributed by atoms with van der Waals surface area (Å²) in [7, 11) is 1.65. The van der Waals surface area contributed by atoms with E-state index in [1.165, 1.54) is 17.5 Å². The van der Waals surface area contributed by atoms with Crippen LogP contribution in [0.25, 0.3) is 10.2 Å². The molecule has 0 aliphatic heterocycles. The molecule has 0 atom stereocenters. The number of nitrogens with one attached hydrogen (secondary N) is 2. The lowest BCUT2D eigenvalue weighted by atomic mass is 10.3. The molecule has 0 aliphatic rings. The molecule has 0 spiro atoms. The van der Waals surface area contributed by atoms with Crippen LogP contribution in [0.3, 0.4) is 0 Å². The first-order valence-electron chi connectivity index (χ1n) is 5.97. The third-order valence-electron chi connectivity index (χ3n) is 2.78. The van der Waals surface area contributed by atoms with Crippen molar-refractivity contribution >= 4 is 44.7 Å². The zero-order valence-electron chi connectivity index (χ0n) is 10.9. The molecule has 2 aromatic heterocycles. The number of benzene rings is 1. The maximum Gasteiger partial charge on any atom is 0.329 e. The lowest BCUT2D eigenvalue weighted by molar-refractivity contribution is -0.384. The van der Waals surface area contributed by atoms with E-state index < -0.39 is 4.92 Å². The molecule has 0 bridgehead atoms. The summed E-state index contributed by atoms with van der Waals surface area (Å²) in [4.78, 5) is 22.6. The Labute approximate surface area is 123 Å². The van der Waals surface area contributed by atoms with Crippen molar-refractivity contribution in [3.63, 3.8) is 0 Å². The maximum absolute atomic E-state index is 11.0. The quantitative estimate of drug-likeness (QED) is 0.563. The van der Waals surface area contributed by atoms with E-state index >= 15 is 0 Å². The summed E-state index contributed by atoms with van der Waals surface area (Å²) >= 11 is 1.50. The highest BCUT2D eigenvalue weighted by molar-refractivity contribution is 7.16. The second-order valence-electron chi connectivity index (χ2n) is 4.09. The first kappa shape index (κ1) is 13.2. The minimum absolute atomic E-state index is 0.142. The van der Waals surface area contributed by atoms with Gasteiger partial charge < -0.3 is 10.6 Å². The van der Waals surface area contributed by atoms with Crippen molar-refractivity contribution in [1.29, 1.82) is 0 Å². The SMILES string of the molecule is CNc1ncc([N+](=O)[O-])c(Nc2ccc3ncsc3c2)n1. The van der Waals surface area contributed by atoms with Gasteiger partial charge in [0.1, 0.15) is 6.20 Å². The molecule has 21 heavy (non-hydrogen) atoms. The van der Waals surface area contributed by atoms with Gasteiger partial charge in [-0.15, -0.1) is 11.3 Å². The fourth-order valence-electron chi connectivity index (χ4n) is 1.79. The molecular formula is C12H10N6O2S. The normalized spacial score (nSPS) is 10.5. The van der Waals surface area contributed by atoms with E-state index in [1.807, 2.05) is 12.1 Å². The molecule has 8 nitrogen and oxygen atoms in total. The molecule has 3 aromatic rings. The number of anilines is 3. The number of nitro groups is 1. The van der Waals surface area contributed by atoms with E-state index in [0.29, 0.717) is 11.6 Å². The van der Waals surface area contributed by atoms with Crippen LogP contribution in [0.15, 0.2) is 29.9 Å². The summed E-state index contributed by atoms with van der Waals surface area (Å²) in [6.07, 6.45) is 1.17. The van der Waals surface area contributed by atoms with Gasteiger partial charge in [-0.25, -0.2) is 9.97 Å². The minimum atomic E-state index is -0.521. The number of thiazole rings is 1. The van der Waals surface area contributed by atoms with Crippen molar-refractivity contribution in [2.45, 2.75) is 0 Å². The lowest BCUT2D eigenvalue weighted by Crippen LogP contribution is -2.04. The van der Waals surface area contributed by atoms with Gasteiger partial charge in [0, 0.05) is 12.7 Å². The highest BCUT2D eigenvalue weighted by Gasteiger charge is 2.17. The van der Waals surface area contributed by atoms with Crippen molar-refractivity contribution in [3.05, 3.63) is 40.0 Å². The monoisotopic (exact) mass is 302 g/mol. The molecule has 106 valence electrons. The number of hydrogen-bond acceptors (Lipinski definition) is 8. The van der Waals surface area contributed by atoms with Crippen LogP contribution in [0, 0.1) is 10.1 Å². The van der Waals surface area contributed by atoms with E-state index in [1.54, 1.807) is 18.6 Å². The standard InChI is InChI=1S/C12H10N6O2S/c1-13-12-14-5-9(18(19)20)11(17-12)16-7-2-3-8-10(4-7)21-6-15-8/h2-6H,1H3,(H2,13,14,16,17). The van der Waals surface area contributed by atoms with Crippen molar-refractivity contribution in [1.82, 2.24) is 15.0 Å². The summed E-state index contributed by atoms with van der Waals surface area (Å²) in [6.45, 7) is 0. The summed E-state index contributed by atoms with van der Waals surface area (Å²) in [5.41, 5.74) is 3.16. The van der Waals surface area contributed by atoms with Gasteiger partial charge in [0.05, 0.1) is 20.7 Å². The minimum Gasteiger partial charge on any atom is -0.357 e. The van der Waals surface area contributed by atoms with E-state index in [4.69, 9.17) is 0 Å². The van der Waals surface area contributed by atoms with E-state index in [2.05, 4.69) is 25.6 Å². The summed E-state index contributed by atoms with van der Waals surface area (Å²) in [6, 6.07) is 5.52. The lowest BCUT2D eigenvalue weighted by Gasteiger charge is -2.07. The number of hydrogen-bond donors (Lipinski definition) is 2. The summed E-state index contributed by atoms with van der Waals surface area (Å²) < 4.78 is 0.991. The van der Waals surface area contributed by atoms with E-state index in [-0.39, 0.29) is 11.5 Å². The Kier molecular flexibility index (Phi) is 3.32. The van der Waals surface area contributed by atoms with Gasteiger partial charge in [0.2, 0.25) is 11.8 Å². The van der Waals surface area contributed by atoms with Crippen LogP contribution in [-0.2, 0) is 0 Å². The molecule has 0 aliphatic carbocycles. The molecule has 2 heterocycles. The van der Waals surface area contributed by atoms with Crippen LogP contribution in [-0.4, -0.2) is 26.9 Å². The fraction of sp³-hybridized carbons (Fsp3) is 0.0833. The predicted octanol–water partition coefficient (Wildman–Crippen LogP) is 2.78. The first-order chi connectivity index (χ1) is 10.2.